The number of hydrogen-bond acceptors (Lipinski definition) is 1. The highest BCUT2D eigenvalue weighted by molar-refractivity contribution is 6.30. The molecule has 1 atom stereocenters. The van der Waals surface area contributed by atoms with Crippen molar-refractivity contribution in [2.75, 3.05) is 5.32 Å². The molecule has 0 saturated carbocycles. The molecule has 0 radical (unpaired) electrons. The third kappa shape index (κ3) is 2.63. The summed E-state index contributed by atoms with van der Waals surface area (Å²) < 4.78 is 0. The van der Waals surface area contributed by atoms with Crippen LogP contribution in [-0.2, 0) is 0 Å². The molecule has 1 aromatic rings. The van der Waals surface area contributed by atoms with Gasteiger partial charge in [0.05, 0.1) is 0 Å². The molecule has 1 aliphatic carbocycles. The summed E-state index contributed by atoms with van der Waals surface area (Å²) in [6.45, 7) is 2.18. The summed E-state index contributed by atoms with van der Waals surface area (Å²) >= 11 is 5.83. The van der Waals surface area contributed by atoms with Gasteiger partial charge in [-0.3, -0.25) is 0 Å². The Morgan fingerprint density at radius 1 is 1.13 bits per heavy atom. The minimum Gasteiger partial charge on any atom is -0.382 e. The molecular formula is C13H14ClN. The lowest BCUT2D eigenvalue weighted by atomic mass is 10.0. The Morgan fingerprint density at radius 2 is 1.73 bits per heavy atom. The van der Waals surface area contributed by atoms with Crippen molar-refractivity contribution in [2.24, 2.45) is 5.92 Å². The van der Waals surface area contributed by atoms with E-state index in [1.54, 1.807) is 0 Å². The summed E-state index contributed by atoms with van der Waals surface area (Å²) in [6, 6.07) is 8.21. The molecule has 0 heterocycles. The van der Waals surface area contributed by atoms with Crippen LogP contribution in [0, 0.1) is 5.92 Å². The number of allylic oxidation sites excluding steroid dienone is 2. The molecule has 0 aliphatic heterocycles. The number of hydrogen-bond donors (Lipinski definition) is 1. The van der Waals surface area contributed by atoms with Crippen LogP contribution in [0.2, 0.25) is 5.02 Å². The average Bonchev–Trinajstić information content (AvgIpc) is 2.74. The number of rotatable bonds is 3. The van der Waals surface area contributed by atoms with Gasteiger partial charge in [-0.2, -0.15) is 0 Å². The molecule has 1 unspecified atom stereocenters. The first-order chi connectivity index (χ1) is 7.25. The average molecular weight is 220 g/mol. The SMILES string of the molecule is CC(Nc1ccc(Cl)cc1)C1C=CC=C1. The summed E-state index contributed by atoms with van der Waals surface area (Å²) in [5, 5.41) is 4.22. The first kappa shape index (κ1) is 10.3. The fourth-order valence-electron chi connectivity index (χ4n) is 1.69. The van der Waals surface area contributed by atoms with Crippen LogP contribution in [0.3, 0.4) is 0 Å². The zero-order valence-corrected chi connectivity index (χ0v) is 9.41. The van der Waals surface area contributed by atoms with Crippen LogP contribution in [0.15, 0.2) is 48.6 Å². The van der Waals surface area contributed by atoms with Gasteiger partial charge in [0.1, 0.15) is 0 Å². The molecule has 1 N–H and O–H groups in total. The van der Waals surface area contributed by atoms with Crippen molar-refractivity contribution >= 4 is 17.3 Å². The molecule has 0 bridgehead atoms. The molecule has 1 aliphatic rings. The van der Waals surface area contributed by atoms with E-state index >= 15 is 0 Å². The van der Waals surface area contributed by atoms with Gasteiger partial charge in [-0.25, -0.2) is 0 Å². The van der Waals surface area contributed by atoms with Gasteiger partial charge >= 0.3 is 0 Å². The molecule has 15 heavy (non-hydrogen) atoms. The quantitative estimate of drug-likeness (QED) is 0.814. The number of nitrogens with one attached hydrogen (secondary N) is 1. The van der Waals surface area contributed by atoms with Crippen LogP contribution < -0.4 is 5.32 Å². The van der Waals surface area contributed by atoms with E-state index in [1.807, 2.05) is 24.3 Å². The van der Waals surface area contributed by atoms with Crippen molar-refractivity contribution < 1.29 is 0 Å². The molecular weight excluding hydrogens is 206 g/mol. The smallest absolute Gasteiger partial charge is 0.0407 e. The third-order valence-electron chi connectivity index (χ3n) is 2.59. The maximum atomic E-state index is 5.83. The van der Waals surface area contributed by atoms with Gasteiger partial charge in [-0.15, -0.1) is 0 Å². The molecule has 1 nitrogen and oxygen atoms in total. The van der Waals surface area contributed by atoms with Crippen molar-refractivity contribution in [3.8, 4) is 0 Å². The second kappa shape index (κ2) is 4.54. The highest BCUT2D eigenvalue weighted by atomic mass is 35.5. The minimum absolute atomic E-state index is 0.404. The molecule has 2 heteroatoms. The minimum atomic E-state index is 0.404. The maximum Gasteiger partial charge on any atom is 0.0407 e. The van der Waals surface area contributed by atoms with Gasteiger partial charge < -0.3 is 5.32 Å². The Bertz CT molecular complexity index is 366. The van der Waals surface area contributed by atoms with Crippen LogP contribution in [0.25, 0.3) is 0 Å². The van der Waals surface area contributed by atoms with Gasteiger partial charge in [0, 0.05) is 22.7 Å². The topological polar surface area (TPSA) is 12.0 Å². The zero-order chi connectivity index (χ0) is 10.7. The summed E-state index contributed by atoms with van der Waals surface area (Å²) in [6.07, 6.45) is 8.58. The molecule has 1 aromatic carbocycles. The van der Waals surface area contributed by atoms with Crippen LogP contribution in [0.1, 0.15) is 6.92 Å². The number of anilines is 1. The van der Waals surface area contributed by atoms with E-state index in [2.05, 4.69) is 36.5 Å². The standard InChI is InChI=1S/C13H14ClN/c1-10(11-4-2-3-5-11)15-13-8-6-12(14)7-9-13/h2-11,15H,1H3. The lowest BCUT2D eigenvalue weighted by molar-refractivity contribution is 0.683. The van der Waals surface area contributed by atoms with Gasteiger partial charge in [0.2, 0.25) is 0 Å². The molecule has 0 saturated heterocycles. The molecule has 78 valence electrons. The largest absolute Gasteiger partial charge is 0.382 e. The zero-order valence-electron chi connectivity index (χ0n) is 8.65. The monoisotopic (exact) mass is 219 g/mol. The van der Waals surface area contributed by atoms with Crippen molar-refractivity contribution in [2.45, 2.75) is 13.0 Å². The fraction of sp³-hybridized carbons (Fsp3) is 0.231. The highest BCUT2D eigenvalue weighted by Gasteiger charge is 2.12. The summed E-state index contributed by atoms with van der Waals surface area (Å²) in [5.41, 5.74) is 1.11. The van der Waals surface area contributed by atoms with Gasteiger partial charge in [-0.05, 0) is 31.2 Å². The summed E-state index contributed by atoms with van der Waals surface area (Å²) in [7, 11) is 0. The normalized spacial score (nSPS) is 16.9. The summed E-state index contributed by atoms with van der Waals surface area (Å²) in [5.74, 6) is 0.487. The Morgan fingerprint density at radius 3 is 2.33 bits per heavy atom. The Labute approximate surface area is 95.5 Å². The Kier molecular flexibility index (Phi) is 3.12. The number of benzene rings is 1. The molecule has 0 spiro atoms. The van der Waals surface area contributed by atoms with Crippen LogP contribution in [-0.4, -0.2) is 6.04 Å². The fourth-order valence-corrected chi connectivity index (χ4v) is 1.81. The van der Waals surface area contributed by atoms with Crippen molar-refractivity contribution in [1.29, 1.82) is 0 Å². The first-order valence-electron chi connectivity index (χ1n) is 5.13. The van der Waals surface area contributed by atoms with Crippen LogP contribution in [0.4, 0.5) is 5.69 Å². The lowest BCUT2D eigenvalue weighted by Crippen LogP contribution is -2.22. The van der Waals surface area contributed by atoms with E-state index in [0.717, 1.165) is 10.7 Å². The van der Waals surface area contributed by atoms with Gasteiger partial charge in [0.15, 0.2) is 0 Å². The van der Waals surface area contributed by atoms with Crippen molar-refractivity contribution in [3.63, 3.8) is 0 Å². The van der Waals surface area contributed by atoms with Crippen LogP contribution in [0.5, 0.6) is 0 Å². The first-order valence-corrected chi connectivity index (χ1v) is 5.50. The van der Waals surface area contributed by atoms with Crippen molar-refractivity contribution in [3.05, 3.63) is 53.6 Å². The van der Waals surface area contributed by atoms with E-state index in [9.17, 15) is 0 Å². The van der Waals surface area contributed by atoms with Gasteiger partial charge in [0.25, 0.3) is 0 Å². The van der Waals surface area contributed by atoms with E-state index in [1.165, 1.54) is 0 Å². The summed E-state index contributed by atoms with van der Waals surface area (Å²) in [4.78, 5) is 0. The second-order valence-corrected chi connectivity index (χ2v) is 4.22. The Balaban J connectivity index is 1.99. The van der Waals surface area contributed by atoms with E-state index in [4.69, 9.17) is 11.6 Å². The van der Waals surface area contributed by atoms with E-state index in [-0.39, 0.29) is 0 Å². The predicted molar refractivity (Wildman–Crippen MR) is 66.3 cm³/mol. The third-order valence-corrected chi connectivity index (χ3v) is 2.85. The van der Waals surface area contributed by atoms with Gasteiger partial charge in [-0.1, -0.05) is 35.9 Å². The predicted octanol–water partition coefficient (Wildman–Crippen LogP) is 3.88. The van der Waals surface area contributed by atoms with Crippen molar-refractivity contribution in [1.82, 2.24) is 0 Å². The Hall–Kier alpha value is -1.21. The van der Waals surface area contributed by atoms with Crippen LogP contribution >= 0.6 is 11.6 Å². The highest BCUT2D eigenvalue weighted by Crippen LogP contribution is 2.19. The molecule has 0 aromatic heterocycles. The molecule has 2 rings (SSSR count). The lowest BCUT2D eigenvalue weighted by Gasteiger charge is -2.19. The second-order valence-electron chi connectivity index (χ2n) is 3.79. The molecule has 0 amide bonds. The maximum absolute atomic E-state index is 5.83. The number of halogens is 1. The van der Waals surface area contributed by atoms with E-state index in [0.29, 0.717) is 12.0 Å². The van der Waals surface area contributed by atoms with E-state index < -0.39 is 0 Å². The molecule has 0 fully saturated rings.